The summed E-state index contributed by atoms with van der Waals surface area (Å²) in [5.74, 6) is -1.22. The Morgan fingerprint density at radius 1 is 0.468 bits per heavy atom. The monoisotopic (exact) mass is 665 g/mol. The molecule has 0 aliphatic heterocycles. The van der Waals surface area contributed by atoms with Gasteiger partial charge in [-0.2, -0.15) is 0 Å². The van der Waals surface area contributed by atoms with Crippen LogP contribution in [0.15, 0.2) is 0 Å². The topological polar surface area (TPSA) is 86.7 Å². The van der Waals surface area contributed by atoms with Gasteiger partial charge < -0.3 is 15.3 Å². The highest BCUT2D eigenvalue weighted by Gasteiger charge is 2.22. The Morgan fingerprint density at radius 2 is 0.787 bits per heavy atom. The van der Waals surface area contributed by atoms with E-state index in [-0.39, 0.29) is 24.7 Å². The van der Waals surface area contributed by atoms with Gasteiger partial charge >= 0.3 is 5.97 Å². The summed E-state index contributed by atoms with van der Waals surface area (Å²) in [6, 6.07) is -0.999. The molecule has 0 heterocycles. The van der Waals surface area contributed by atoms with Crippen molar-refractivity contribution in [3.63, 3.8) is 0 Å². The average Bonchev–Trinajstić information content (AvgIpc) is 3.06. The molecule has 0 aromatic carbocycles. The molecule has 0 bridgehead atoms. The molecule has 278 valence electrons. The highest BCUT2D eigenvalue weighted by molar-refractivity contribution is 5.84. The van der Waals surface area contributed by atoms with Gasteiger partial charge in [0.1, 0.15) is 6.04 Å². The first-order chi connectivity index (χ1) is 23.0. The number of nitrogens with one attached hydrogen (secondary N) is 1. The smallest absolute Gasteiger partial charge is 0.326 e. The van der Waals surface area contributed by atoms with Gasteiger partial charge in [-0.25, -0.2) is 4.79 Å². The quantitative estimate of drug-likeness (QED) is 0.0647. The van der Waals surface area contributed by atoms with Gasteiger partial charge in [-0.1, -0.05) is 188 Å². The van der Waals surface area contributed by atoms with Crippen LogP contribution in [0, 0.1) is 0 Å². The van der Waals surface area contributed by atoms with E-state index in [1.54, 1.807) is 0 Å². The van der Waals surface area contributed by atoms with E-state index in [1.807, 2.05) is 4.90 Å². The van der Waals surface area contributed by atoms with Crippen LogP contribution >= 0.6 is 0 Å². The summed E-state index contributed by atoms with van der Waals surface area (Å²) < 4.78 is 0. The molecule has 2 N–H and O–H groups in total. The highest BCUT2D eigenvalue weighted by atomic mass is 16.4. The van der Waals surface area contributed by atoms with E-state index in [0.29, 0.717) is 6.42 Å². The van der Waals surface area contributed by atoms with Crippen molar-refractivity contribution in [3.8, 4) is 0 Å². The summed E-state index contributed by atoms with van der Waals surface area (Å²) in [4.78, 5) is 39.7. The third-order valence-corrected chi connectivity index (χ3v) is 9.70. The first-order valence-electron chi connectivity index (χ1n) is 20.8. The molecule has 0 aliphatic carbocycles. The van der Waals surface area contributed by atoms with Crippen molar-refractivity contribution in [1.29, 1.82) is 0 Å². The fourth-order valence-corrected chi connectivity index (χ4v) is 6.49. The lowest BCUT2D eigenvalue weighted by atomic mass is 10.1. The predicted octanol–water partition coefficient (Wildman–Crippen LogP) is 11.9. The molecule has 0 aromatic rings. The van der Waals surface area contributed by atoms with Crippen molar-refractivity contribution in [2.45, 2.75) is 232 Å². The van der Waals surface area contributed by atoms with E-state index < -0.39 is 12.0 Å². The maximum absolute atomic E-state index is 13.3. The summed E-state index contributed by atoms with van der Waals surface area (Å²) in [7, 11) is 0. The van der Waals surface area contributed by atoms with Crippen molar-refractivity contribution < 1.29 is 19.5 Å². The second kappa shape index (κ2) is 35.7. The highest BCUT2D eigenvalue weighted by Crippen LogP contribution is 2.15. The number of nitrogens with zero attached hydrogens (tertiary/aromatic N) is 1. The molecular weight excluding hydrogens is 584 g/mol. The van der Waals surface area contributed by atoms with Gasteiger partial charge in [-0.15, -0.1) is 0 Å². The van der Waals surface area contributed by atoms with Crippen LogP contribution in [-0.4, -0.2) is 46.9 Å². The summed E-state index contributed by atoms with van der Waals surface area (Å²) in [6.45, 7) is 8.26. The van der Waals surface area contributed by atoms with E-state index in [2.05, 4.69) is 26.1 Å². The van der Waals surface area contributed by atoms with Crippen molar-refractivity contribution >= 4 is 17.8 Å². The predicted molar refractivity (Wildman–Crippen MR) is 201 cm³/mol. The zero-order chi connectivity index (χ0) is 34.6. The van der Waals surface area contributed by atoms with Crippen LogP contribution in [0.2, 0.25) is 0 Å². The number of unbranched alkanes of at least 4 members (excludes halogenated alkanes) is 26. The van der Waals surface area contributed by atoms with Gasteiger partial charge in [-0.3, -0.25) is 9.59 Å². The molecule has 0 rings (SSSR count). The molecule has 0 spiro atoms. The van der Waals surface area contributed by atoms with E-state index in [4.69, 9.17) is 0 Å². The first-order valence-corrected chi connectivity index (χ1v) is 20.8. The van der Waals surface area contributed by atoms with Gasteiger partial charge in [0.15, 0.2) is 0 Å². The van der Waals surface area contributed by atoms with Crippen molar-refractivity contribution in [2.75, 3.05) is 13.1 Å². The van der Waals surface area contributed by atoms with Gasteiger partial charge in [0, 0.05) is 25.9 Å². The van der Waals surface area contributed by atoms with E-state index in [9.17, 15) is 19.5 Å². The Balaban J connectivity index is 4.54. The molecule has 47 heavy (non-hydrogen) atoms. The molecule has 0 fully saturated rings. The fourth-order valence-electron chi connectivity index (χ4n) is 6.49. The first kappa shape index (κ1) is 45.4. The second-order valence-electron chi connectivity index (χ2n) is 14.3. The lowest BCUT2D eigenvalue weighted by Crippen LogP contribution is -2.42. The summed E-state index contributed by atoms with van der Waals surface area (Å²) in [5, 5.41) is 12.5. The third-order valence-electron chi connectivity index (χ3n) is 9.70. The third kappa shape index (κ3) is 31.4. The van der Waals surface area contributed by atoms with Gasteiger partial charge in [0.05, 0.1) is 0 Å². The van der Waals surface area contributed by atoms with Crippen LogP contribution < -0.4 is 5.32 Å². The molecular formula is C41H80N2O4. The minimum atomic E-state index is -1.05. The van der Waals surface area contributed by atoms with Crippen LogP contribution in [0.5, 0.6) is 0 Å². The standard InChI is InChI=1S/C41H80N2O4/c1-4-7-10-13-16-19-22-25-28-31-36-43(37-32-29-26-23-20-17-14-11-8-5-2)40(45)35-34-38(41(46)47)42-39(44)33-30-27-24-21-18-15-12-9-6-3/h38H,4-37H2,1-3H3,(H,42,44)(H,46,47)/t38-/m0/s1. The number of carbonyl (C=O) groups is 3. The van der Waals surface area contributed by atoms with Crippen LogP contribution in [0.1, 0.15) is 226 Å². The molecule has 2 amide bonds. The number of rotatable bonds is 37. The normalized spacial score (nSPS) is 11.9. The van der Waals surface area contributed by atoms with E-state index in [1.165, 1.54) is 141 Å². The Morgan fingerprint density at radius 3 is 1.13 bits per heavy atom. The van der Waals surface area contributed by atoms with Gasteiger partial charge in [-0.05, 0) is 25.7 Å². The summed E-state index contributed by atoms with van der Waals surface area (Å²) >= 11 is 0. The molecule has 6 nitrogen and oxygen atoms in total. The Kier molecular flexibility index (Phi) is 34.5. The van der Waals surface area contributed by atoms with Crippen LogP contribution in [0.4, 0.5) is 0 Å². The minimum Gasteiger partial charge on any atom is -0.480 e. The minimum absolute atomic E-state index is 0.0382. The Hall–Kier alpha value is -1.59. The molecule has 0 aliphatic rings. The number of hydrogen-bond acceptors (Lipinski definition) is 3. The van der Waals surface area contributed by atoms with Crippen LogP contribution in [0.3, 0.4) is 0 Å². The van der Waals surface area contributed by atoms with Crippen molar-refractivity contribution in [1.82, 2.24) is 10.2 Å². The lowest BCUT2D eigenvalue weighted by molar-refractivity contribution is -0.142. The molecule has 1 atom stereocenters. The van der Waals surface area contributed by atoms with Crippen LogP contribution in [-0.2, 0) is 14.4 Å². The number of aliphatic carboxylic acids is 1. The number of carboxylic acid groups (broad SMARTS) is 1. The van der Waals surface area contributed by atoms with Crippen molar-refractivity contribution in [3.05, 3.63) is 0 Å². The number of carboxylic acids is 1. The molecule has 0 saturated carbocycles. The van der Waals surface area contributed by atoms with Gasteiger partial charge in [0.2, 0.25) is 11.8 Å². The molecule has 6 heteroatoms. The summed E-state index contributed by atoms with van der Waals surface area (Å²) in [5.41, 5.74) is 0. The molecule has 0 aromatic heterocycles. The second-order valence-corrected chi connectivity index (χ2v) is 14.3. The number of amides is 2. The molecule has 0 radical (unpaired) electrons. The van der Waals surface area contributed by atoms with Gasteiger partial charge in [0.25, 0.3) is 0 Å². The Labute approximate surface area is 292 Å². The zero-order valence-electron chi connectivity index (χ0n) is 31.7. The molecule has 0 unspecified atom stereocenters. The number of carbonyl (C=O) groups excluding carboxylic acids is 2. The van der Waals surface area contributed by atoms with E-state index >= 15 is 0 Å². The number of hydrogen-bond donors (Lipinski definition) is 2. The SMILES string of the molecule is CCCCCCCCCCCCN(CCCCCCCCCCCC)C(=O)CC[C@H](NC(=O)CCCCCCCCCCC)C(=O)O. The fraction of sp³-hybridized carbons (Fsp3) is 0.927. The average molecular weight is 665 g/mol. The van der Waals surface area contributed by atoms with E-state index in [0.717, 1.165) is 58.0 Å². The summed E-state index contributed by atoms with van der Waals surface area (Å²) in [6.07, 6.45) is 36.6. The largest absolute Gasteiger partial charge is 0.480 e. The van der Waals surface area contributed by atoms with Crippen LogP contribution in [0.25, 0.3) is 0 Å². The lowest BCUT2D eigenvalue weighted by Gasteiger charge is -2.24. The Bertz CT molecular complexity index is 690. The zero-order valence-corrected chi connectivity index (χ0v) is 31.7. The molecule has 0 saturated heterocycles. The maximum Gasteiger partial charge on any atom is 0.326 e. The maximum atomic E-state index is 13.3. The van der Waals surface area contributed by atoms with Crippen molar-refractivity contribution in [2.24, 2.45) is 0 Å².